The van der Waals surface area contributed by atoms with E-state index in [0.29, 0.717) is 11.0 Å². The molecule has 1 aromatic heterocycles. The molecule has 0 aliphatic carbocycles. The van der Waals surface area contributed by atoms with Gasteiger partial charge in [-0.1, -0.05) is 17.7 Å². The second-order valence-corrected chi connectivity index (χ2v) is 4.58. The Morgan fingerprint density at radius 2 is 2.06 bits per heavy atom. The molecule has 2 rings (SSSR count). The van der Waals surface area contributed by atoms with Crippen LogP contribution in [0, 0.1) is 6.92 Å². The molecule has 1 aromatic carbocycles. The van der Waals surface area contributed by atoms with E-state index >= 15 is 0 Å². The lowest BCUT2D eigenvalue weighted by Gasteiger charge is -2.08. The first-order chi connectivity index (χ1) is 7.65. The Morgan fingerprint density at radius 1 is 1.25 bits per heavy atom. The predicted octanol–water partition coefficient (Wildman–Crippen LogP) is 3.94. The van der Waals surface area contributed by atoms with Crippen LogP contribution in [0.15, 0.2) is 35.1 Å². The summed E-state index contributed by atoms with van der Waals surface area (Å²) in [5, 5.41) is 3.58. The highest BCUT2D eigenvalue weighted by Gasteiger charge is 2.02. The number of halogens is 2. The fraction of sp³-hybridized carbons (Fsp3) is 0.0909. The zero-order chi connectivity index (χ0) is 11.5. The van der Waals surface area contributed by atoms with E-state index in [1.54, 1.807) is 6.07 Å². The summed E-state index contributed by atoms with van der Waals surface area (Å²) in [7, 11) is 0. The Balaban J connectivity index is 2.27. The predicted molar refractivity (Wildman–Crippen MR) is 69.2 cm³/mol. The van der Waals surface area contributed by atoms with Gasteiger partial charge in [-0.15, -0.1) is 0 Å². The normalized spacial score (nSPS) is 10.2. The smallest absolute Gasteiger partial charge is 0.135 e. The van der Waals surface area contributed by atoms with Crippen LogP contribution in [0.2, 0.25) is 5.15 Å². The number of hydrogen-bond acceptors (Lipinski definition) is 3. The number of nitrogens with zero attached hydrogens (tertiary/aromatic N) is 2. The number of nitrogens with one attached hydrogen (secondary N) is 1. The van der Waals surface area contributed by atoms with Gasteiger partial charge < -0.3 is 5.32 Å². The molecule has 0 saturated heterocycles. The zero-order valence-corrected chi connectivity index (χ0v) is 10.9. The Morgan fingerprint density at radius 3 is 2.75 bits per heavy atom. The lowest BCUT2D eigenvalue weighted by atomic mass is 10.2. The van der Waals surface area contributed by atoms with E-state index < -0.39 is 0 Å². The first-order valence-electron chi connectivity index (χ1n) is 4.66. The monoisotopic (exact) mass is 297 g/mol. The third-order valence-electron chi connectivity index (χ3n) is 2.02. The molecular formula is C11H9BrClN3. The Labute approximate surface area is 107 Å². The quantitative estimate of drug-likeness (QED) is 0.853. The summed E-state index contributed by atoms with van der Waals surface area (Å²) < 4.78 is 0.988. The van der Waals surface area contributed by atoms with E-state index in [1.165, 1.54) is 11.9 Å². The highest BCUT2D eigenvalue weighted by atomic mass is 79.9. The SMILES string of the molecule is Cc1ccc(Nc2cc(Cl)ncn2)c(Br)c1. The Kier molecular flexibility index (Phi) is 3.41. The maximum Gasteiger partial charge on any atom is 0.135 e. The minimum atomic E-state index is 0.417. The first-order valence-corrected chi connectivity index (χ1v) is 5.83. The molecular weight excluding hydrogens is 289 g/mol. The second kappa shape index (κ2) is 4.80. The molecule has 1 N–H and O–H groups in total. The van der Waals surface area contributed by atoms with Gasteiger partial charge in [0.25, 0.3) is 0 Å². The van der Waals surface area contributed by atoms with Crippen molar-refractivity contribution in [3.05, 3.63) is 45.8 Å². The van der Waals surface area contributed by atoms with Gasteiger partial charge >= 0.3 is 0 Å². The van der Waals surface area contributed by atoms with E-state index in [-0.39, 0.29) is 0 Å². The highest BCUT2D eigenvalue weighted by Crippen LogP contribution is 2.26. The van der Waals surface area contributed by atoms with Gasteiger partial charge in [0, 0.05) is 10.5 Å². The van der Waals surface area contributed by atoms with Gasteiger partial charge in [-0.05, 0) is 40.5 Å². The number of rotatable bonds is 2. The molecule has 0 bridgehead atoms. The summed E-state index contributed by atoms with van der Waals surface area (Å²) in [6.45, 7) is 2.04. The Bertz CT molecular complexity index is 516. The third-order valence-corrected chi connectivity index (χ3v) is 2.88. The number of anilines is 2. The van der Waals surface area contributed by atoms with Gasteiger partial charge in [0.1, 0.15) is 17.3 Å². The van der Waals surface area contributed by atoms with Gasteiger partial charge in [0.05, 0.1) is 5.69 Å². The first kappa shape index (κ1) is 11.4. The van der Waals surface area contributed by atoms with Crippen LogP contribution in [0.1, 0.15) is 5.56 Å². The van der Waals surface area contributed by atoms with Crippen LogP contribution in [0.3, 0.4) is 0 Å². The number of benzene rings is 1. The van der Waals surface area contributed by atoms with Crippen LogP contribution in [0.5, 0.6) is 0 Å². The summed E-state index contributed by atoms with van der Waals surface area (Å²) in [5.74, 6) is 0.671. The average molecular weight is 299 g/mol. The average Bonchev–Trinajstić information content (AvgIpc) is 2.22. The van der Waals surface area contributed by atoms with Crippen molar-refractivity contribution in [2.75, 3.05) is 5.32 Å². The number of hydrogen-bond donors (Lipinski definition) is 1. The van der Waals surface area contributed by atoms with Crippen LogP contribution < -0.4 is 5.32 Å². The molecule has 0 unspecified atom stereocenters. The number of aryl methyl sites for hydroxylation is 1. The Hall–Kier alpha value is -1.13. The summed E-state index contributed by atoms with van der Waals surface area (Å²) in [5.41, 5.74) is 2.14. The summed E-state index contributed by atoms with van der Waals surface area (Å²) in [4.78, 5) is 7.89. The van der Waals surface area contributed by atoms with Crippen LogP contribution in [-0.4, -0.2) is 9.97 Å². The lowest BCUT2D eigenvalue weighted by Crippen LogP contribution is -1.95. The molecule has 0 atom stereocenters. The molecule has 0 aliphatic rings. The van der Waals surface area contributed by atoms with Crippen LogP contribution in [0.4, 0.5) is 11.5 Å². The van der Waals surface area contributed by atoms with Gasteiger partial charge in [0.2, 0.25) is 0 Å². The topological polar surface area (TPSA) is 37.8 Å². The van der Waals surface area contributed by atoms with Crippen molar-refractivity contribution < 1.29 is 0 Å². The molecule has 1 heterocycles. The summed E-state index contributed by atoms with van der Waals surface area (Å²) in [6.07, 6.45) is 1.42. The van der Waals surface area contributed by atoms with Crippen LogP contribution in [0.25, 0.3) is 0 Å². The van der Waals surface area contributed by atoms with Crippen molar-refractivity contribution in [1.29, 1.82) is 0 Å². The zero-order valence-electron chi connectivity index (χ0n) is 8.54. The maximum atomic E-state index is 5.77. The van der Waals surface area contributed by atoms with Crippen molar-refractivity contribution in [3.8, 4) is 0 Å². The molecule has 5 heteroatoms. The molecule has 2 aromatic rings. The van der Waals surface area contributed by atoms with Gasteiger partial charge in [-0.2, -0.15) is 0 Å². The minimum Gasteiger partial charge on any atom is -0.339 e. The molecule has 82 valence electrons. The van der Waals surface area contributed by atoms with E-state index in [0.717, 1.165) is 10.2 Å². The molecule has 0 spiro atoms. The minimum absolute atomic E-state index is 0.417. The molecule has 16 heavy (non-hydrogen) atoms. The van der Waals surface area contributed by atoms with Crippen molar-refractivity contribution in [2.45, 2.75) is 6.92 Å². The lowest BCUT2D eigenvalue weighted by molar-refractivity contribution is 1.17. The van der Waals surface area contributed by atoms with E-state index in [9.17, 15) is 0 Å². The maximum absolute atomic E-state index is 5.77. The fourth-order valence-electron chi connectivity index (χ4n) is 1.26. The van der Waals surface area contributed by atoms with Crippen molar-refractivity contribution in [1.82, 2.24) is 9.97 Å². The standard InChI is InChI=1S/C11H9BrClN3/c1-7-2-3-9(8(12)4-7)16-11-5-10(13)14-6-15-11/h2-6H,1H3,(H,14,15,16). The molecule has 0 amide bonds. The van der Waals surface area contributed by atoms with Crippen LogP contribution >= 0.6 is 27.5 Å². The largest absolute Gasteiger partial charge is 0.339 e. The van der Waals surface area contributed by atoms with Gasteiger partial charge in [-0.25, -0.2) is 9.97 Å². The van der Waals surface area contributed by atoms with Crippen molar-refractivity contribution in [3.63, 3.8) is 0 Å². The summed E-state index contributed by atoms with van der Waals surface area (Å²) >= 11 is 9.26. The molecule has 0 saturated carbocycles. The van der Waals surface area contributed by atoms with Crippen molar-refractivity contribution in [2.24, 2.45) is 0 Å². The molecule has 3 nitrogen and oxygen atoms in total. The summed E-state index contributed by atoms with van der Waals surface area (Å²) in [6, 6.07) is 7.71. The van der Waals surface area contributed by atoms with Gasteiger partial charge in [0.15, 0.2) is 0 Å². The molecule has 0 fully saturated rings. The van der Waals surface area contributed by atoms with Gasteiger partial charge in [-0.3, -0.25) is 0 Å². The fourth-order valence-corrected chi connectivity index (χ4v) is 2.00. The molecule has 0 radical (unpaired) electrons. The van der Waals surface area contributed by atoms with E-state index in [4.69, 9.17) is 11.6 Å². The van der Waals surface area contributed by atoms with E-state index in [2.05, 4.69) is 31.2 Å². The van der Waals surface area contributed by atoms with E-state index in [1.807, 2.05) is 25.1 Å². The van der Waals surface area contributed by atoms with Crippen LogP contribution in [-0.2, 0) is 0 Å². The second-order valence-electron chi connectivity index (χ2n) is 3.33. The third kappa shape index (κ3) is 2.71. The molecule has 0 aliphatic heterocycles. The number of aromatic nitrogens is 2. The highest BCUT2D eigenvalue weighted by molar-refractivity contribution is 9.10. The van der Waals surface area contributed by atoms with Crippen molar-refractivity contribution >= 4 is 39.0 Å².